The summed E-state index contributed by atoms with van der Waals surface area (Å²) >= 11 is 0. The maximum atomic E-state index is 14.0. The van der Waals surface area contributed by atoms with Gasteiger partial charge in [0.1, 0.15) is 0 Å². The molecule has 0 spiro atoms. The number of carboxylic acids is 4. The Kier molecular flexibility index (Phi) is 6.13. The molecule has 0 bridgehead atoms. The van der Waals surface area contributed by atoms with E-state index in [-0.39, 0.29) is 0 Å². The minimum absolute atomic E-state index is 0.777. The van der Waals surface area contributed by atoms with Crippen molar-refractivity contribution in [3.63, 3.8) is 0 Å². The zero-order valence-corrected chi connectivity index (χ0v) is 15.5. The predicted octanol–water partition coefficient (Wildman–Crippen LogP) is 2.25. The molecule has 1 aromatic rings. The fourth-order valence-electron chi connectivity index (χ4n) is 2.92. The molecular weight excluding hydrogens is 500 g/mol. The average Bonchev–Trinajstić information content (AvgIpc) is 2.71. The monoisotopic (exact) mass is 506 g/mol. The maximum Gasteiger partial charge on any atom is 0.412 e. The fraction of sp³-hybridized carbons (Fsp3) is 0.176. The van der Waals surface area contributed by atoms with Crippen LogP contribution in [0.4, 0.5) is 35.1 Å². The van der Waals surface area contributed by atoms with E-state index < -0.39 is 99.2 Å². The number of carbonyl (C=O) groups is 4. The summed E-state index contributed by atoms with van der Waals surface area (Å²) in [5.74, 6) is -28.1. The highest BCUT2D eigenvalue weighted by atomic mass is 19.4. The average molecular weight is 506 g/mol. The second kappa shape index (κ2) is 7.99. The van der Waals surface area contributed by atoms with Crippen LogP contribution in [-0.4, -0.2) is 56.1 Å². The molecule has 4 N–H and O–H groups in total. The van der Waals surface area contributed by atoms with E-state index in [1.165, 1.54) is 0 Å². The molecule has 17 heteroatoms. The smallest absolute Gasteiger partial charge is 0.412 e. The van der Waals surface area contributed by atoms with Gasteiger partial charge in [-0.3, -0.25) is 4.79 Å². The van der Waals surface area contributed by atoms with Crippen molar-refractivity contribution in [2.45, 2.75) is 11.8 Å². The lowest BCUT2D eigenvalue weighted by Crippen LogP contribution is -2.56. The first-order valence-corrected chi connectivity index (χ1v) is 8.04. The summed E-state index contributed by atoms with van der Waals surface area (Å²) < 4.78 is 113. The molecule has 9 nitrogen and oxygen atoms in total. The molecule has 2 rings (SSSR count). The highest BCUT2D eigenvalue weighted by Gasteiger charge is 2.69. The van der Waals surface area contributed by atoms with Gasteiger partial charge in [-0.25, -0.2) is 27.6 Å². The van der Waals surface area contributed by atoms with Crippen LogP contribution >= 0.6 is 0 Å². The Balaban J connectivity index is 3.07. The molecule has 34 heavy (non-hydrogen) atoms. The number of benzene rings is 1. The SMILES string of the molecule is O=C(O)C1=CC(C(=O)O)(C(F)(F)F)C(C(=O)O)=CC1(Oc1c(F)c(F)c(F)c(F)c1F)C(=O)O. The van der Waals surface area contributed by atoms with Crippen LogP contribution in [-0.2, 0) is 19.2 Å². The first-order chi connectivity index (χ1) is 15.4. The van der Waals surface area contributed by atoms with E-state index in [4.69, 9.17) is 10.2 Å². The summed E-state index contributed by atoms with van der Waals surface area (Å²) in [6.07, 6.45) is -7.86. The third-order valence-electron chi connectivity index (χ3n) is 4.53. The molecule has 1 aliphatic rings. The number of halogens is 8. The Morgan fingerprint density at radius 2 is 1.09 bits per heavy atom. The van der Waals surface area contributed by atoms with Crippen LogP contribution < -0.4 is 4.74 Å². The molecule has 1 aromatic carbocycles. The second-order valence-electron chi connectivity index (χ2n) is 6.38. The van der Waals surface area contributed by atoms with Gasteiger partial charge in [-0.1, -0.05) is 0 Å². The lowest BCUT2D eigenvalue weighted by Gasteiger charge is -2.38. The predicted molar refractivity (Wildman–Crippen MR) is 84.8 cm³/mol. The summed E-state index contributed by atoms with van der Waals surface area (Å²) in [5, 5.41) is 37.0. The van der Waals surface area contributed by atoms with E-state index in [0.29, 0.717) is 0 Å². The fourth-order valence-corrected chi connectivity index (χ4v) is 2.92. The third kappa shape index (κ3) is 3.48. The molecule has 0 amide bonds. The number of ether oxygens (including phenoxy) is 1. The van der Waals surface area contributed by atoms with E-state index in [2.05, 4.69) is 4.74 Å². The minimum atomic E-state index is -6.15. The maximum absolute atomic E-state index is 14.0. The standard InChI is InChI=1S/C17H6F8O9/c18-5-6(19)8(21)10(9(22)7(5)20)34-16(14(32)33)2-3(11(26)27)15(13(30)31,17(23,24)25)1-4(16)12(28)29/h1-2H,(H,26,27)(H,28,29)(H,30,31)(H,32,33). The summed E-state index contributed by atoms with van der Waals surface area (Å²) in [4.78, 5) is 46.4. The van der Waals surface area contributed by atoms with E-state index in [0.717, 1.165) is 0 Å². The summed E-state index contributed by atoms with van der Waals surface area (Å²) in [6.45, 7) is 0. The quantitative estimate of drug-likeness (QED) is 0.258. The van der Waals surface area contributed by atoms with Crippen LogP contribution in [0.25, 0.3) is 0 Å². The molecule has 0 fully saturated rings. The molecule has 184 valence electrons. The Morgan fingerprint density at radius 1 is 0.676 bits per heavy atom. The van der Waals surface area contributed by atoms with Crippen LogP contribution in [0, 0.1) is 34.5 Å². The van der Waals surface area contributed by atoms with Gasteiger partial charge in [-0.05, 0) is 12.2 Å². The second-order valence-corrected chi connectivity index (χ2v) is 6.38. The van der Waals surface area contributed by atoms with Gasteiger partial charge in [0, 0.05) is 0 Å². The van der Waals surface area contributed by atoms with E-state index in [9.17, 15) is 64.5 Å². The van der Waals surface area contributed by atoms with Crippen molar-refractivity contribution in [1.29, 1.82) is 0 Å². The van der Waals surface area contributed by atoms with Crippen molar-refractivity contribution in [2.75, 3.05) is 0 Å². The lowest BCUT2D eigenvalue weighted by atomic mass is 9.69. The highest BCUT2D eigenvalue weighted by Crippen LogP contribution is 2.52. The van der Waals surface area contributed by atoms with Crippen LogP contribution in [0.1, 0.15) is 0 Å². The molecule has 1 aliphatic carbocycles. The van der Waals surface area contributed by atoms with Crippen LogP contribution in [0.15, 0.2) is 23.3 Å². The van der Waals surface area contributed by atoms with Gasteiger partial charge in [-0.2, -0.15) is 22.0 Å². The number of hydrogen-bond acceptors (Lipinski definition) is 5. The topological polar surface area (TPSA) is 158 Å². The number of carboxylic acid groups (broad SMARTS) is 4. The van der Waals surface area contributed by atoms with Gasteiger partial charge in [0.05, 0.1) is 11.1 Å². The van der Waals surface area contributed by atoms with Crippen molar-refractivity contribution >= 4 is 23.9 Å². The largest absolute Gasteiger partial charge is 0.480 e. The van der Waals surface area contributed by atoms with Crippen molar-refractivity contribution in [3.8, 4) is 5.75 Å². The Labute approximate surface area is 179 Å². The molecule has 0 radical (unpaired) electrons. The van der Waals surface area contributed by atoms with Gasteiger partial charge in [0.25, 0.3) is 5.60 Å². The third-order valence-corrected chi connectivity index (χ3v) is 4.53. The molecule has 0 aromatic heterocycles. The van der Waals surface area contributed by atoms with Gasteiger partial charge in [0.2, 0.25) is 34.5 Å². The molecule has 2 unspecified atom stereocenters. The Bertz CT molecular complexity index is 1170. The van der Waals surface area contributed by atoms with E-state index in [1.807, 2.05) is 0 Å². The van der Waals surface area contributed by atoms with Crippen molar-refractivity contribution < 1.29 is 79.5 Å². The number of alkyl halides is 3. The number of aliphatic carboxylic acids is 4. The summed E-state index contributed by atoms with van der Waals surface area (Å²) in [5.41, 5.74) is -13.7. The van der Waals surface area contributed by atoms with Gasteiger partial charge in [-0.15, -0.1) is 0 Å². The molecule has 0 heterocycles. The molecule has 0 saturated carbocycles. The van der Waals surface area contributed by atoms with Crippen molar-refractivity contribution in [1.82, 2.24) is 0 Å². The zero-order valence-electron chi connectivity index (χ0n) is 15.5. The zero-order chi connectivity index (χ0) is 26.5. The number of hydrogen-bond donors (Lipinski definition) is 4. The highest BCUT2D eigenvalue weighted by molar-refractivity contribution is 6.08. The van der Waals surface area contributed by atoms with Crippen LogP contribution in [0.3, 0.4) is 0 Å². The molecular formula is C17H6F8O9. The van der Waals surface area contributed by atoms with Crippen LogP contribution in [0.5, 0.6) is 5.75 Å². The van der Waals surface area contributed by atoms with E-state index >= 15 is 0 Å². The summed E-state index contributed by atoms with van der Waals surface area (Å²) in [6, 6.07) is 0. The summed E-state index contributed by atoms with van der Waals surface area (Å²) in [7, 11) is 0. The number of rotatable bonds is 6. The Morgan fingerprint density at radius 3 is 1.41 bits per heavy atom. The van der Waals surface area contributed by atoms with E-state index in [1.54, 1.807) is 0 Å². The molecule has 2 atom stereocenters. The van der Waals surface area contributed by atoms with Crippen molar-refractivity contribution in [2.24, 2.45) is 5.41 Å². The minimum Gasteiger partial charge on any atom is -0.480 e. The Hall–Kier alpha value is -4.18. The van der Waals surface area contributed by atoms with Gasteiger partial charge < -0.3 is 25.2 Å². The van der Waals surface area contributed by atoms with Crippen molar-refractivity contribution in [3.05, 3.63) is 52.4 Å². The first-order valence-electron chi connectivity index (χ1n) is 8.04. The normalized spacial score (nSPS) is 22.5. The van der Waals surface area contributed by atoms with Gasteiger partial charge in [0.15, 0.2) is 5.75 Å². The lowest BCUT2D eigenvalue weighted by molar-refractivity contribution is -0.210. The molecule has 0 saturated heterocycles. The van der Waals surface area contributed by atoms with Crippen LogP contribution in [0.2, 0.25) is 0 Å². The molecule has 0 aliphatic heterocycles. The van der Waals surface area contributed by atoms with Gasteiger partial charge >= 0.3 is 30.1 Å². The first kappa shape index (κ1) is 26.1.